The van der Waals surface area contributed by atoms with Crippen LogP contribution in [-0.4, -0.2) is 31.2 Å². The third kappa shape index (κ3) is 2.99. The van der Waals surface area contributed by atoms with E-state index in [0.29, 0.717) is 11.5 Å². The fourth-order valence-electron chi connectivity index (χ4n) is 2.48. The second-order valence-electron chi connectivity index (χ2n) is 4.72. The van der Waals surface area contributed by atoms with E-state index in [1.54, 1.807) is 6.20 Å². The number of rotatable bonds is 4. The van der Waals surface area contributed by atoms with Gasteiger partial charge in [0.05, 0.1) is 5.56 Å². The van der Waals surface area contributed by atoms with E-state index in [1.807, 2.05) is 12.1 Å². The number of pyridine rings is 1. The fourth-order valence-corrected chi connectivity index (χ4v) is 2.48. The maximum atomic E-state index is 9.14. The van der Waals surface area contributed by atoms with Gasteiger partial charge in [0, 0.05) is 19.3 Å². The van der Waals surface area contributed by atoms with E-state index in [9.17, 15) is 0 Å². The molecule has 1 aliphatic rings. The van der Waals surface area contributed by atoms with Crippen LogP contribution in [0.5, 0.6) is 0 Å². The van der Waals surface area contributed by atoms with Crippen LogP contribution in [0.2, 0.25) is 0 Å². The van der Waals surface area contributed by atoms with Gasteiger partial charge in [0.25, 0.3) is 0 Å². The second-order valence-corrected chi connectivity index (χ2v) is 4.72. The van der Waals surface area contributed by atoms with Crippen molar-refractivity contribution in [3.05, 3.63) is 23.9 Å². The molecule has 0 aromatic carbocycles. The summed E-state index contributed by atoms with van der Waals surface area (Å²) in [7, 11) is 0. The summed E-state index contributed by atoms with van der Waals surface area (Å²) in [6.45, 7) is 6.24. The third-order valence-electron chi connectivity index (χ3n) is 3.53. The maximum Gasteiger partial charge on any atom is 0.146 e. The van der Waals surface area contributed by atoms with Crippen LogP contribution in [0.15, 0.2) is 18.3 Å². The molecular formula is C14H20N4. The number of nitriles is 1. The van der Waals surface area contributed by atoms with Gasteiger partial charge in [0.1, 0.15) is 11.9 Å². The zero-order chi connectivity index (χ0) is 12.8. The average Bonchev–Trinajstić information content (AvgIpc) is 2.46. The molecule has 2 heterocycles. The number of anilines is 1. The van der Waals surface area contributed by atoms with Crippen LogP contribution >= 0.6 is 0 Å². The minimum atomic E-state index is 0.674. The molecule has 1 fully saturated rings. The quantitative estimate of drug-likeness (QED) is 0.877. The number of piperidine rings is 1. The van der Waals surface area contributed by atoms with Crippen molar-refractivity contribution in [2.24, 2.45) is 5.92 Å². The highest BCUT2D eigenvalue weighted by Gasteiger charge is 2.18. The molecule has 1 aliphatic heterocycles. The number of nitrogens with one attached hydrogen (secondary N) is 1. The van der Waals surface area contributed by atoms with Crippen LogP contribution in [0.3, 0.4) is 0 Å². The van der Waals surface area contributed by atoms with E-state index in [-0.39, 0.29) is 0 Å². The largest absolute Gasteiger partial charge is 0.356 e. The van der Waals surface area contributed by atoms with Gasteiger partial charge in [0.2, 0.25) is 0 Å². The topological polar surface area (TPSA) is 52.0 Å². The van der Waals surface area contributed by atoms with Crippen LogP contribution in [0.1, 0.15) is 25.3 Å². The Morgan fingerprint density at radius 1 is 1.50 bits per heavy atom. The predicted molar refractivity (Wildman–Crippen MR) is 72.4 cm³/mol. The van der Waals surface area contributed by atoms with Crippen molar-refractivity contribution in [2.75, 3.05) is 31.1 Å². The first-order valence-corrected chi connectivity index (χ1v) is 6.66. The molecule has 1 aromatic rings. The summed E-state index contributed by atoms with van der Waals surface area (Å²) in [4.78, 5) is 6.60. The van der Waals surface area contributed by atoms with Crippen molar-refractivity contribution >= 4 is 5.82 Å². The second kappa shape index (κ2) is 6.36. The van der Waals surface area contributed by atoms with Crippen LogP contribution in [0.25, 0.3) is 0 Å². The molecule has 4 nitrogen and oxygen atoms in total. The third-order valence-corrected chi connectivity index (χ3v) is 3.53. The Kier molecular flexibility index (Phi) is 4.54. The summed E-state index contributed by atoms with van der Waals surface area (Å²) in [6, 6.07) is 5.89. The van der Waals surface area contributed by atoms with Crippen LogP contribution in [-0.2, 0) is 0 Å². The molecule has 0 radical (unpaired) electrons. The summed E-state index contributed by atoms with van der Waals surface area (Å²) >= 11 is 0. The van der Waals surface area contributed by atoms with E-state index in [1.165, 1.54) is 12.8 Å². The molecule has 0 spiro atoms. The molecule has 0 saturated carbocycles. The van der Waals surface area contributed by atoms with E-state index >= 15 is 0 Å². The normalized spacial score (nSPS) is 16.2. The Bertz CT molecular complexity index is 418. The molecule has 0 unspecified atom stereocenters. The number of hydrogen-bond donors (Lipinski definition) is 1. The van der Waals surface area contributed by atoms with Gasteiger partial charge in [-0.3, -0.25) is 0 Å². The van der Waals surface area contributed by atoms with Crippen LogP contribution in [0.4, 0.5) is 5.82 Å². The zero-order valence-corrected chi connectivity index (χ0v) is 10.9. The summed E-state index contributed by atoms with van der Waals surface area (Å²) in [5.41, 5.74) is 0.674. The van der Waals surface area contributed by atoms with Gasteiger partial charge < -0.3 is 10.2 Å². The Balaban J connectivity index is 2.10. The number of hydrogen-bond acceptors (Lipinski definition) is 4. The summed E-state index contributed by atoms with van der Waals surface area (Å²) in [5.74, 6) is 1.54. The Labute approximate surface area is 109 Å². The predicted octanol–water partition coefficient (Wildman–Crippen LogP) is 1.78. The standard InChI is InChI=1S/C14H20N4/c1-2-18(11-12-5-8-16-9-6-12)14-13(10-15)4-3-7-17-14/h3-4,7,12,16H,2,5-6,8-9,11H2,1H3. The van der Waals surface area contributed by atoms with Gasteiger partial charge in [-0.25, -0.2) is 4.98 Å². The number of nitrogens with zero attached hydrogens (tertiary/aromatic N) is 3. The van der Waals surface area contributed by atoms with Crippen molar-refractivity contribution in [3.63, 3.8) is 0 Å². The van der Waals surface area contributed by atoms with Crippen molar-refractivity contribution < 1.29 is 0 Å². The minimum Gasteiger partial charge on any atom is -0.356 e. The fraction of sp³-hybridized carbons (Fsp3) is 0.571. The summed E-state index contributed by atoms with van der Waals surface area (Å²) in [5, 5.41) is 12.5. The van der Waals surface area contributed by atoms with Crippen LogP contribution < -0.4 is 10.2 Å². The lowest BCUT2D eigenvalue weighted by atomic mass is 9.97. The molecule has 1 saturated heterocycles. The maximum absolute atomic E-state index is 9.14. The van der Waals surface area contributed by atoms with Crippen LogP contribution in [0, 0.1) is 17.2 Å². The van der Waals surface area contributed by atoms with Crippen molar-refractivity contribution in [1.29, 1.82) is 5.26 Å². The molecule has 0 aliphatic carbocycles. The lowest BCUT2D eigenvalue weighted by molar-refractivity contribution is 0.374. The van der Waals surface area contributed by atoms with Gasteiger partial charge in [-0.15, -0.1) is 0 Å². The van der Waals surface area contributed by atoms with Gasteiger partial charge in [-0.2, -0.15) is 5.26 Å². The van der Waals surface area contributed by atoms with E-state index < -0.39 is 0 Å². The number of aromatic nitrogens is 1. The first-order valence-electron chi connectivity index (χ1n) is 6.66. The molecule has 1 aromatic heterocycles. The SMILES string of the molecule is CCN(CC1CCNCC1)c1ncccc1C#N. The summed E-state index contributed by atoms with van der Waals surface area (Å²) in [6.07, 6.45) is 4.19. The van der Waals surface area contributed by atoms with Gasteiger partial charge in [-0.05, 0) is 50.9 Å². The highest BCUT2D eigenvalue weighted by atomic mass is 15.2. The molecule has 4 heteroatoms. The first-order chi connectivity index (χ1) is 8.85. The first kappa shape index (κ1) is 12.8. The molecule has 0 bridgehead atoms. The molecule has 0 atom stereocenters. The molecule has 0 amide bonds. The van der Waals surface area contributed by atoms with Crippen molar-refractivity contribution in [3.8, 4) is 6.07 Å². The Morgan fingerprint density at radius 3 is 2.94 bits per heavy atom. The van der Waals surface area contributed by atoms with E-state index in [0.717, 1.165) is 32.0 Å². The van der Waals surface area contributed by atoms with Gasteiger partial charge >= 0.3 is 0 Å². The lowest BCUT2D eigenvalue weighted by Gasteiger charge is -2.30. The highest BCUT2D eigenvalue weighted by molar-refractivity contribution is 5.53. The highest BCUT2D eigenvalue weighted by Crippen LogP contribution is 2.20. The molecular weight excluding hydrogens is 224 g/mol. The van der Waals surface area contributed by atoms with E-state index in [4.69, 9.17) is 5.26 Å². The minimum absolute atomic E-state index is 0.674. The molecule has 1 N–H and O–H groups in total. The average molecular weight is 244 g/mol. The Morgan fingerprint density at radius 2 is 2.28 bits per heavy atom. The van der Waals surface area contributed by atoms with Crippen molar-refractivity contribution in [2.45, 2.75) is 19.8 Å². The van der Waals surface area contributed by atoms with Gasteiger partial charge in [-0.1, -0.05) is 0 Å². The Hall–Kier alpha value is -1.60. The molecule has 2 rings (SSSR count). The van der Waals surface area contributed by atoms with Crippen molar-refractivity contribution in [1.82, 2.24) is 10.3 Å². The lowest BCUT2D eigenvalue weighted by Crippen LogP contribution is -2.36. The molecule has 18 heavy (non-hydrogen) atoms. The smallest absolute Gasteiger partial charge is 0.146 e. The van der Waals surface area contributed by atoms with Gasteiger partial charge in [0.15, 0.2) is 0 Å². The summed E-state index contributed by atoms with van der Waals surface area (Å²) < 4.78 is 0. The zero-order valence-electron chi connectivity index (χ0n) is 10.9. The van der Waals surface area contributed by atoms with E-state index in [2.05, 4.69) is 28.2 Å². The monoisotopic (exact) mass is 244 g/mol. The molecule has 96 valence electrons.